The van der Waals surface area contributed by atoms with Crippen LogP contribution >= 0.6 is 22.9 Å². The summed E-state index contributed by atoms with van der Waals surface area (Å²) in [7, 11) is 0. The van der Waals surface area contributed by atoms with E-state index in [2.05, 4.69) is 9.98 Å². The summed E-state index contributed by atoms with van der Waals surface area (Å²) in [6.07, 6.45) is -5.63. The van der Waals surface area contributed by atoms with Crippen LogP contribution in [0.5, 0.6) is 0 Å². The molecule has 0 saturated heterocycles. The number of hydrogen-bond acceptors (Lipinski definition) is 5. The second kappa shape index (κ2) is 7.93. The minimum absolute atomic E-state index is 0.0731. The molecule has 0 N–H and O–H groups in total. The second-order valence-electron chi connectivity index (χ2n) is 6.97. The third-order valence-electron chi connectivity index (χ3n) is 4.71. The molecule has 1 aliphatic rings. The maximum Gasteiger partial charge on any atom is 0.459 e. The number of carbonyl (C=O) groups is 1. The number of benzene rings is 2. The lowest BCUT2D eigenvalue weighted by Crippen LogP contribution is -2.34. The molecular formula is C21H12ClF5N2O2S. The highest BCUT2D eigenvalue weighted by Gasteiger charge is 2.60. The van der Waals surface area contributed by atoms with Gasteiger partial charge in [0.05, 0.1) is 26.8 Å². The maximum absolute atomic E-state index is 13.4. The number of aromatic nitrogens is 1. The van der Waals surface area contributed by atoms with Gasteiger partial charge in [-0.1, -0.05) is 29.8 Å². The quantitative estimate of drug-likeness (QED) is 0.308. The topological polar surface area (TPSA) is 51.6 Å². The molecule has 2 aromatic carbocycles. The molecule has 4 nitrogen and oxygen atoms in total. The van der Waals surface area contributed by atoms with Gasteiger partial charge in [-0.3, -0.25) is 0 Å². The van der Waals surface area contributed by atoms with Gasteiger partial charge < -0.3 is 4.74 Å². The summed E-state index contributed by atoms with van der Waals surface area (Å²) in [5, 5.41) is 1.09. The van der Waals surface area contributed by atoms with Crippen LogP contribution in [0.3, 0.4) is 0 Å². The second-order valence-corrected chi connectivity index (χ2v) is 8.31. The molecule has 0 spiro atoms. The highest BCUT2D eigenvalue weighted by Crippen LogP contribution is 2.44. The zero-order valence-electron chi connectivity index (χ0n) is 16.1. The molecule has 0 amide bonds. The van der Waals surface area contributed by atoms with E-state index >= 15 is 0 Å². The molecule has 4 rings (SSSR count). The molecule has 1 aliphatic heterocycles. The Hall–Kier alpha value is -2.85. The molecule has 0 bridgehead atoms. The van der Waals surface area contributed by atoms with Gasteiger partial charge in [-0.15, -0.1) is 11.3 Å². The standard InChI is InChI=1S/C21H12ClF5N2O2S/c1-10-7-11(8-16-29-15(9-32-16)20(23,24)21(25,26)27)5-6-14(10)28-18-12-3-2-4-13(22)17(12)19(30)31-18/h2-7,9H,8H2,1H3/b28-18-. The van der Waals surface area contributed by atoms with E-state index in [0.29, 0.717) is 27.8 Å². The molecule has 0 radical (unpaired) electrons. The number of thiazole rings is 1. The predicted molar refractivity (Wildman–Crippen MR) is 109 cm³/mol. The number of carbonyl (C=O) groups excluding carboxylic acids is 1. The van der Waals surface area contributed by atoms with Crippen molar-refractivity contribution in [3.05, 3.63) is 79.8 Å². The van der Waals surface area contributed by atoms with Crippen LogP contribution in [0.1, 0.15) is 37.7 Å². The lowest BCUT2D eigenvalue weighted by atomic mass is 10.1. The number of esters is 1. The SMILES string of the molecule is Cc1cc(Cc2nc(C(F)(F)C(F)(F)F)cs2)ccc1/N=C1\OC(=O)c2c(Cl)cccc21. The van der Waals surface area contributed by atoms with Crippen LogP contribution in [0.15, 0.2) is 46.8 Å². The van der Waals surface area contributed by atoms with Crippen molar-refractivity contribution >= 4 is 40.5 Å². The molecule has 32 heavy (non-hydrogen) atoms. The van der Waals surface area contributed by atoms with Crippen molar-refractivity contribution in [2.24, 2.45) is 4.99 Å². The third kappa shape index (κ3) is 4.00. The average Bonchev–Trinajstić information content (AvgIpc) is 3.29. The van der Waals surface area contributed by atoms with Crippen LogP contribution in [-0.4, -0.2) is 23.0 Å². The molecule has 1 aromatic heterocycles. The van der Waals surface area contributed by atoms with Crippen LogP contribution in [0.2, 0.25) is 5.02 Å². The van der Waals surface area contributed by atoms with Crippen molar-refractivity contribution in [3.8, 4) is 0 Å². The number of alkyl halides is 5. The van der Waals surface area contributed by atoms with Gasteiger partial charge >= 0.3 is 18.1 Å². The van der Waals surface area contributed by atoms with E-state index in [4.69, 9.17) is 16.3 Å². The fraction of sp³-hybridized carbons (Fsp3) is 0.190. The van der Waals surface area contributed by atoms with Crippen LogP contribution < -0.4 is 0 Å². The molecule has 0 aliphatic carbocycles. The minimum atomic E-state index is -5.71. The molecule has 0 atom stereocenters. The summed E-state index contributed by atoms with van der Waals surface area (Å²) in [5.74, 6) is -5.51. The van der Waals surface area contributed by atoms with Crippen LogP contribution in [0.4, 0.5) is 27.6 Å². The van der Waals surface area contributed by atoms with Gasteiger partial charge in [0.15, 0.2) is 0 Å². The molecule has 2 heterocycles. The normalized spacial score (nSPS) is 15.2. The molecular weight excluding hydrogens is 475 g/mol. The highest BCUT2D eigenvalue weighted by molar-refractivity contribution is 7.09. The van der Waals surface area contributed by atoms with E-state index in [1.807, 2.05) is 0 Å². The van der Waals surface area contributed by atoms with Crippen molar-refractivity contribution in [2.45, 2.75) is 25.4 Å². The minimum Gasteiger partial charge on any atom is -0.403 e. The van der Waals surface area contributed by atoms with Crippen LogP contribution in [-0.2, 0) is 17.1 Å². The number of aryl methyl sites for hydroxylation is 1. The number of ether oxygens (including phenoxy) is 1. The van der Waals surface area contributed by atoms with E-state index in [1.54, 1.807) is 43.3 Å². The number of fused-ring (bicyclic) bond motifs is 1. The lowest BCUT2D eigenvalue weighted by Gasteiger charge is -2.16. The van der Waals surface area contributed by atoms with Crippen molar-refractivity contribution in [2.75, 3.05) is 0 Å². The molecule has 0 fully saturated rings. The number of rotatable bonds is 4. The predicted octanol–water partition coefficient (Wildman–Crippen LogP) is 6.60. The molecule has 166 valence electrons. The molecule has 3 aromatic rings. The van der Waals surface area contributed by atoms with E-state index in [0.717, 1.165) is 11.3 Å². The number of nitrogens with zero attached hydrogens (tertiary/aromatic N) is 2. The van der Waals surface area contributed by atoms with E-state index in [1.165, 1.54) is 0 Å². The summed E-state index contributed by atoms with van der Waals surface area (Å²) < 4.78 is 69.7. The van der Waals surface area contributed by atoms with Crippen molar-refractivity contribution in [3.63, 3.8) is 0 Å². The molecule has 0 unspecified atom stereocenters. The smallest absolute Gasteiger partial charge is 0.403 e. The number of aliphatic imine (C=N–C) groups is 1. The van der Waals surface area contributed by atoms with Gasteiger partial charge in [0.25, 0.3) is 0 Å². The highest BCUT2D eigenvalue weighted by atomic mass is 35.5. The van der Waals surface area contributed by atoms with Gasteiger partial charge in [0.1, 0.15) is 5.69 Å². The van der Waals surface area contributed by atoms with Gasteiger partial charge in [0, 0.05) is 11.8 Å². The Kier molecular flexibility index (Phi) is 5.54. The van der Waals surface area contributed by atoms with Crippen LogP contribution in [0.25, 0.3) is 0 Å². The molecule has 0 saturated carbocycles. The lowest BCUT2D eigenvalue weighted by molar-refractivity contribution is -0.290. The summed E-state index contributed by atoms with van der Waals surface area (Å²) in [6, 6.07) is 9.87. The maximum atomic E-state index is 13.4. The fourth-order valence-corrected chi connectivity index (χ4v) is 4.21. The first-order valence-electron chi connectivity index (χ1n) is 9.06. The average molecular weight is 487 g/mol. The van der Waals surface area contributed by atoms with Gasteiger partial charge in [-0.2, -0.15) is 22.0 Å². The van der Waals surface area contributed by atoms with Crippen molar-refractivity contribution in [1.29, 1.82) is 0 Å². The summed E-state index contributed by atoms with van der Waals surface area (Å²) >= 11 is 6.78. The van der Waals surface area contributed by atoms with Crippen molar-refractivity contribution < 1.29 is 31.5 Å². The first kappa shape index (κ1) is 22.3. The first-order valence-corrected chi connectivity index (χ1v) is 10.3. The largest absolute Gasteiger partial charge is 0.459 e. The van der Waals surface area contributed by atoms with E-state index < -0.39 is 23.8 Å². The van der Waals surface area contributed by atoms with Crippen LogP contribution in [0, 0.1) is 6.92 Å². The van der Waals surface area contributed by atoms with Gasteiger partial charge in [-0.05, 0) is 36.2 Å². The molecule has 11 heteroatoms. The monoisotopic (exact) mass is 486 g/mol. The Morgan fingerprint density at radius 1 is 1.16 bits per heavy atom. The van der Waals surface area contributed by atoms with E-state index in [-0.39, 0.29) is 27.9 Å². The summed E-state index contributed by atoms with van der Waals surface area (Å²) in [5.41, 5.74) is 1.20. The first-order chi connectivity index (χ1) is 15.0. The zero-order valence-corrected chi connectivity index (χ0v) is 17.7. The Morgan fingerprint density at radius 3 is 2.59 bits per heavy atom. The Bertz CT molecular complexity index is 1250. The Morgan fingerprint density at radius 2 is 1.91 bits per heavy atom. The third-order valence-corrected chi connectivity index (χ3v) is 5.87. The van der Waals surface area contributed by atoms with Crippen molar-refractivity contribution in [1.82, 2.24) is 4.98 Å². The van der Waals surface area contributed by atoms with Gasteiger partial charge in [-0.25, -0.2) is 14.8 Å². The summed E-state index contributed by atoms with van der Waals surface area (Å²) in [6.45, 7) is 1.74. The fourth-order valence-electron chi connectivity index (χ4n) is 3.11. The zero-order chi connectivity index (χ0) is 23.3. The van der Waals surface area contributed by atoms with E-state index in [9.17, 15) is 26.7 Å². The number of hydrogen-bond donors (Lipinski definition) is 0. The Balaban J connectivity index is 1.57. The summed E-state index contributed by atoms with van der Waals surface area (Å²) in [4.78, 5) is 19.9. The number of halogens is 6. The van der Waals surface area contributed by atoms with Gasteiger partial charge in [0.2, 0.25) is 5.90 Å². The number of cyclic esters (lactones) is 1. The Labute approximate surface area is 187 Å².